The molecule has 0 aromatic rings. The highest BCUT2D eigenvalue weighted by Crippen LogP contribution is 2.34. The van der Waals surface area contributed by atoms with Crippen LogP contribution in [0.5, 0.6) is 0 Å². The zero-order valence-electron chi connectivity index (χ0n) is 14.9. The molecule has 2 fully saturated rings. The molecular formula is C17H34N4O. The van der Waals surface area contributed by atoms with Gasteiger partial charge < -0.3 is 15.4 Å². The van der Waals surface area contributed by atoms with Gasteiger partial charge in [-0.3, -0.25) is 9.89 Å². The van der Waals surface area contributed by atoms with Crippen LogP contribution in [0.25, 0.3) is 0 Å². The summed E-state index contributed by atoms with van der Waals surface area (Å²) in [6, 6.07) is 1.55. The quantitative estimate of drug-likeness (QED) is 0.558. The van der Waals surface area contributed by atoms with E-state index in [1.54, 1.807) is 0 Å². The van der Waals surface area contributed by atoms with Gasteiger partial charge in [0.1, 0.15) is 0 Å². The first kappa shape index (κ1) is 17.5. The van der Waals surface area contributed by atoms with Gasteiger partial charge in [-0.15, -0.1) is 0 Å². The molecule has 5 heteroatoms. The molecule has 2 N–H and O–H groups in total. The van der Waals surface area contributed by atoms with Crippen LogP contribution in [-0.4, -0.2) is 60.8 Å². The SMILES string of the molecule is CCNC(=NCCN(C(C)C)C(C)C)NC1CC2CCC1O2. The predicted octanol–water partition coefficient (Wildman–Crippen LogP) is 1.98. The minimum Gasteiger partial charge on any atom is -0.373 e. The second kappa shape index (κ2) is 8.16. The van der Waals surface area contributed by atoms with Crippen LogP contribution < -0.4 is 10.6 Å². The number of rotatable bonds is 7. The number of guanidine groups is 1. The highest BCUT2D eigenvalue weighted by atomic mass is 16.5. The van der Waals surface area contributed by atoms with Crippen molar-refractivity contribution >= 4 is 5.96 Å². The Kier molecular flexibility index (Phi) is 6.50. The van der Waals surface area contributed by atoms with Crippen LogP contribution >= 0.6 is 0 Å². The van der Waals surface area contributed by atoms with E-state index in [1.807, 2.05) is 0 Å². The third-order valence-electron chi connectivity index (χ3n) is 4.73. The Morgan fingerprint density at radius 2 is 1.95 bits per heavy atom. The van der Waals surface area contributed by atoms with Crippen molar-refractivity contribution in [1.82, 2.24) is 15.5 Å². The summed E-state index contributed by atoms with van der Waals surface area (Å²) in [5.74, 6) is 0.941. The summed E-state index contributed by atoms with van der Waals surface area (Å²) >= 11 is 0. The minimum atomic E-state index is 0.386. The number of hydrogen-bond donors (Lipinski definition) is 2. The summed E-state index contributed by atoms with van der Waals surface area (Å²) in [7, 11) is 0. The van der Waals surface area contributed by atoms with Gasteiger partial charge in [0.05, 0.1) is 24.8 Å². The second-order valence-corrected chi connectivity index (χ2v) is 7.05. The van der Waals surface area contributed by atoms with Gasteiger partial charge >= 0.3 is 0 Å². The molecular weight excluding hydrogens is 276 g/mol. The summed E-state index contributed by atoms with van der Waals surface area (Å²) in [4.78, 5) is 7.24. The van der Waals surface area contributed by atoms with Crippen molar-refractivity contribution in [1.29, 1.82) is 0 Å². The molecule has 0 amide bonds. The van der Waals surface area contributed by atoms with Crippen LogP contribution in [0.1, 0.15) is 53.9 Å². The molecule has 5 nitrogen and oxygen atoms in total. The lowest BCUT2D eigenvalue weighted by molar-refractivity contribution is 0.0992. The monoisotopic (exact) mass is 310 g/mol. The maximum Gasteiger partial charge on any atom is 0.191 e. The Hall–Kier alpha value is -0.810. The maximum atomic E-state index is 5.92. The third kappa shape index (κ3) is 4.59. The van der Waals surface area contributed by atoms with Gasteiger partial charge in [-0.1, -0.05) is 0 Å². The molecule has 0 aromatic heterocycles. The number of hydrogen-bond acceptors (Lipinski definition) is 3. The molecule has 2 rings (SSSR count). The molecule has 3 unspecified atom stereocenters. The van der Waals surface area contributed by atoms with Crippen LogP contribution in [0.4, 0.5) is 0 Å². The second-order valence-electron chi connectivity index (χ2n) is 7.05. The average Bonchev–Trinajstić information content (AvgIpc) is 3.05. The van der Waals surface area contributed by atoms with Crippen molar-refractivity contribution in [3.05, 3.63) is 0 Å². The van der Waals surface area contributed by atoms with Crippen molar-refractivity contribution in [3.8, 4) is 0 Å². The molecule has 2 saturated heterocycles. The van der Waals surface area contributed by atoms with Crippen molar-refractivity contribution in [3.63, 3.8) is 0 Å². The summed E-state index contributed by atoms with van der Waals surface area (Å²) in [5, 5.41) is 6.94. The molecule has 2 aliphatic heterocycles. The lowest BCUT2D eigenvalue weighted by atomic mass is 9.96. The van der Waals surface area contributed by atoms with Crippen LogP contribution in [0.15, 0.2) is 4.99 Å². The molecule has 0 spiro atoms. The first-order valence-corrected chi connectivity index (χ1v) is 8.97. The highest BCUT2D eigenvalue weighted by molar-refractivity contribution is 5.80. The van der Waals surface area contributed by atoms with E-state index >= 15 is 0 Å². The van der Waals surface area contributed by atoms with E-state index in [1.165, 1.54) is 12.8 Å². The lowest BCUT2D eigenvalue weighted by Gasteiger charge is -2.30. The average molecular weight is 310 g/mol. The molecule has 0 aromatic carbocycles. The van der Waals surface area contributed by atoms with Gasteiger partial charge in [0.15, 0.2) is 5.96 Å². The maximum absolute atomic E-state index is 5.92. The van der Waals surface area contributed by atoms with Gasteiger partial charge in [0.2, 0.25) is 0 Å². The van der Waals surface area contributed by atoms with E-state index in [4.69, 9.17) is 9.73 Å². The fraction of sp³-hybridized carbons (Fsp3) is 0.941. The summed E-state index contributed by atoms with van der Waals surface area (Å²) in [6.07, 6.45) is 4.41. The van der Waals surface area contributed by atoms with E-state index in [0.717, 1.165) is 32.0 Å². The van der Waals surface area contributed by atoms with Gasteiger partial charge in [-0.2, -0.15) is 0 Å². The zero-order valence-corrected chi connectivity index (χ0v) is 14.9. The third-order valence-corrected chi connectivity index (χ3v) is 4.73. The fourth-order valence-corrected chi connectivity index (χ4v) is 3.68. The molecule has 3 atom stereocenters. The molecule has 128 valence electrons. The van der Waals surface area contributed by atoms with Crippen molar-refractivity contribution < 1.29 is 4.74 Å². The first-order valence-electron chi connectivity index (χ1n) is 8.97. The summed E-state index contributed by atoms with van der Waals surface area (Å²) < 4.78 is 5.92. The Morgan fingerprint density at radius 3 is 2.45 bits per heavy atom. The van der Waals surface area contributed by atoms with Crippen LogP contribution in [0.3, 0.4) is 0 Å². The number of ether oxygens (including phenoxy) is 1. The van der Waals surface area contributed by atoms with E-state index in [0.29, 0.717) is 30.3 Å². The Morgan fingerprint density at radius 1 is 1.23 bits per heavy atom. The first-order chi connectivity index (χ1) is 10.5. The summed E-state index contributed by atoms with van der Waals surface area (Å²) in [6.45, 7) is 13.8. The largest absolute Gasteiger partial charge is 0.373 e. The Balaban J connectivity index is 1.84. The number of nitrogens with zero attached hydrogens (tertiary/aromatic N) is 2. The molecule has 0 radical (unpaired) electrons. The Labute approximate surface area is 135 Å². The summed E-state index contributed by atoms with van der Waals surface area (Å²) in [5.41, 5.74) is 0. The van der Waals surface area contributed by atoms with Crippen LogP contribution in [0.2, 0.25) is 0 Å². The molecule has 2 bridgehead atoms. The number of nitrogens with one attached hydrogen (secondary N) is 2. The lowest BCUT2D eigenvalue weighted by Crippen LogP contribution is -2.47. The topological polar surface area (TPSA) is 48.9 Å². The van der Waals surface area contributed by atoms with Gasteiger partial charge in [-0.25, -0.2) is 0 Å². The van der Waals surface area contributed by atoms with Gasteiger partial charge in [0, 0.05) is 25.2 Å². The van der Waals surface area contributed by atoms with E-state index in [2.05, 4.69) is 50.2 Å². The number of aliphatic imine (C=N–C) groups is 1. The van der Waals surface area contributed by atoms with E-state index < -0.39 is 0 Å². The molecule has 0 aliphatic carbocycles. The van der Waals surface area contributed by atoms with Gasteiger partial charge in [0.25, 0.3) is 0 Å². The van der Waals surface area contributed by atoms with Crippen molar-refractivity contribution in [2.24, 2.45) is 4.99 Å². The normalized spacial score (nSPS) is 28.2. The van der Waals surface area contributed by atoms with Crippen molar-refractivity contribution in [2.75, 3.05) is 19.6 Å². The fourth-order valence-electron chi connectivity index (χ4n) is 3.68. The molecule has 2 heterocycles. The zero-order chi connectivity index (χ0) is 16.1. The molecule has 2 aliphatic rings. The smallest absolute Gasteiger partial charge is 0.191 e. The van der Waals surface area contributed by atoms with E-state index in [-0.39, 0.29) is 0 Å². The van der Waals surface area contributed by atoms with Crippen molar-refractivity contribution in [2.45, 2.75) is 84.2 Å². The van der Waals surface area contributed by atoms with Crippen LogP contribution in [-0.2, 0) is 4.74 Å². The molecule has 22 heavy (non-hydrogen) atoms. The minimum absolute atomic E-state index is 0.386. The molecule has 0 saturated carbocycles. The predicted molar refractivity (Wildman–Crippen MR) is 92.4 cm³/mol. The highest BCUT2D eigenvalue weighted by Gasteiger charge is 2.41. The number of fused-ring (bicyclic) bond motifs is 2. The van der Waals surface area contributed by atoms with Gasteiger partial charge in [-0.05, 0) is 53.9 Å². The van der Waals surface area contributed by atoms with E-state index in [9.17, 15) is 0 Å². The van der Waals surface area contributed by atoms with Crippen LogP contribution in [0, 0.1) is 0 Å². The Bertz CT molecular complexity index is 362. The standard InChI is InChI=1S/C17H34N4O/c1-6-18-17(19-9-10-21(12(2)3)13(4)5)20-15-11-14-7-8-16(15)22-14/h12-16H,6-11H2,1-5H3,(H2,18,19,20).